The van der Waals surface area contributed by atoms with E-state index in [4.69, 9.17) is 34.4 Å². The summed E-state index contributed by atoms with van der Waals surface area (Å²) in [6.07, 6.45) is 8.73. The first-order valence-corrected chi connectivity index (χ1v) is 41.5. The molecule has 4 fully saturated rings. The van der Waals surface area contributed by atoms with Gasteiger partial charge in [-0.05, 0) is 172 Å². The summed E-state index contributed by atoms with van der Waals surface area (Å²) >= 11 is 5.53. The van der Waals surface area contributed by atoms with Crippen LogP contribution in [0.3, 0.4) is 0 Å². The maximum atomic E-state index is 15.1. The summed E-state index contributed by atoms with van der Waals surface area (Å²) in [4.78, 5) is 236. The van der Waals surface area contributed by atoms with Crippen molar-refractivity contribution in [1.82, 2.24) is 77.4 Å². The highest BCUT2D eigenvalue weighted by Crippen LogP contribution is 2.26. The zero-order valence-electron chi connectivity index (χ0n) is 65.8. The molecule has 0 unspecified atom stereocenters. The molecule has 4 aliphatic rings. The predicted octanol–water partition coefficient (Wildman–Crippen LogP) is -4.01. The van der Waals surface area contributed by atoms with E-state index in [0.29, 0.717) is 102 Å². The van der Waals surface area contributed by atoms with Crippen LogP contribution in [0.25, 0.3) is 0 Å². The Balaban J connectivity index is 1.34. The van der Waals surface area contributed by atoms with Crippen LogP contribution in [0.5, 0.6) is 0 Å². The molecule has 0 spiro atoms. The number of aromatic nitrogens is 2. The molecule has 23 N–H and O–H groups in total. The van der Waals surface area contributed by atoms with Crippen molar-refractivity contribution >= 4 is 119 Å². The monoisotopic (exact) mass is 1630 g/mol. The van der Waals surface area contributed by atoms with E-state index >= 15 is 9.59 Å². The van der Waals surface area contributed by atoms with Crippen molar-refractivity contribution in [1.29, 1.82) is 0 Å². The number of nitrogens with two attached hydrogens (primary N) is 6. The lowest BCUT2D eigenvalue weighted by Gasteiger charge is -2.33. The van der Waals surface area contributed by atoms with Crippen LogP contribution in [0, 0.1) is 11.8 Å². The number of H-pyrrole nitrogens is 1. The molecule has 113 heavy (non-hydrogen) atoms. The third kappa shape index (κ3) is 29.3. The van der Waals surface area contributed by atoms with Crippen molar-refractivity contribution in [2.75, 3.05) is 63.6 Å². The number of likely N-dealkylation sites (tertiary alicyclic amines) is 4. The van der Waals surface area contributed by atoms with Crippen molar-refractivity contribution in [2.24, 2.45) is 46.2 Å². The number of rotatable bonds is 50. The Morgan fingerprint density at radius 3 is 1.35 bits per heavy atom. The van der Waals surface area contributed by atoms with Gasteiger partial charge >= 0.3 is 5.97 Å². The van der Waals surface area contributed by atoms with Crippen molar-refractivity contribution in [3.8, 4) is 0 Å². The molecule has 1 aromatic rings. The number of aromatic amines is 1. The Morgan fingerprint density at radius 2 is 0.912 bits per heavy atom. The van der Waals surface area contributed by atoms with Gasteiger partial charge in [-0.3, -0.25) is 71.9 Å². The largest absolute Gasteiger partial charge is 0.480 e. The zero-order chi connectivity index (χ0) is 83.6. The zero-order valence-corrected chi connectivity index (χ0v) is 67.5. The lowest BCUT2D eigenvalue weighted by molar-refractivity contribution is -0.145. The fraction of sp³-hybridized carbons (Fsp3) is 0.740. The number of thiol groups is 1. The number of primary amides is 2. The van der Waals surface area contributed by atoms with Crippen molar-refractivity contribution in [3.63, 3.8) is 0 Å². The molecule has 0 saturated carbocycles. The molecule has 40 heteroatoms. The normalized spacial score (nSPS) is 19.7. The summed E-state index contributed by atoms with van der Waals surface area (Å²) < 4.78 is 0. The SMILES string of the molecule is CC[C@H](C)[C@H](NC(=O)[C@@H]1CCCN1C(=O)[C@H](Cc1cnc[nH]1)NC(=O)[C@@H]1CCCN1C(=O)[C@H](CCCCN)NC(=O)[C@H](CCCCN)NC(=O)[C@H](CCCCN)NC(=O)[C@@H]1CCCN1C(=O)[C@@H](N)CCSC)C(=O)N[C@@H](CCC(N)=O)C(=O)N[C@@H](CC(C)C)C(=O)N[C@@H](CC(N)=O)C(=O)N1CCC[C@H]1C(=O)N[C@@H](CS)C(=O)O. The third-order valence-corrected chi connectivity index (χ3v) is 21.9. The van der Waals surface area contributed by atoms with Gasteiger partial charge in [-0.1, -0.05) is 34.1 Å². The van der Waals surface area contributed by atoms with E-state index < -0.39 is 198 Å². The number of nitrogens with one attached hydrogen (secondary N) is 10. The molecule has 5 rings (SSSR count). The van der Waals surface area contributed by atoms with E-state index in [2.05, 4.69) is 70.4 Å². The van der Waals surface area contributed by atoms with Gasteiger partial charge in [0.1, 0.15) is 78.5 Å². The van der Waals surface area contributed by atoms with Gasteiger partial charge in [0.15, 0.2) is 0 Å². The maximum absolute atomic E-state index is 15.1. The summed E-state index contributed by atoms with van der Waals surface area (Å²) in [5, 5.41) is 33.8. The first-order valence-electron chi connectivity index (χ1n) is 39.5. The van der Waals surface area contributed by atoms with E-state index in [9.17, 15) is 72.2 Å². The van der Waals surface area contributed by atoms with Crippen LogP contribution < -0.4 is 82.3 Å². The van der Waals surface area contributed by atoms with Crippen LogP contribution in [-0.4, -0.2) is 277 Å². The Kier molecular flexibility index (Phi) is 40.7. The highest BCUT2D eigenvalue weighted by molar-refractivity contribution is 7.98. The third-order valence-electron chi connectivity index (χ3n) is 20.9. The van der Waals surface area contributed by atoms with Gasteiger partial charge in [0.25, 0.3) is 0 Å². The molecular formula is C73H123N21O17S2. The lowest BCUT2D eigenvalue weighted by atomic mass is 9.96. The quantitative estimate of drug-likeness (QED) is 0.0218. The molecular weight excluding hydrogens is 1510 g/mol. The topological polar surface area (TPSA) is 599 Å². The summed E-state index contributed by atoms with van der Waals surface area (Å²) in [6, 6.07) is -17.8. The average molecular weight is 1630 g/mol. The van der Waals surface area contributed by atoms with Crippen LogP contribution in [0.1, 0.15) is 181 Å². The molecule has 15 amide bonds. The smallest absolute Gasteiger partial charge is 0.327 e. The highest BCUT2D eigenvalue weighted by atomic mass is 32.2. The Labute approximate surface area is 669 Å². The number of aliphatic carboxylic acids is 1. The van der Waals surface area contributed by atoms with E-state index in [1.807, 2.05) is 6.26 Å². The van der Waals surface area contributed by atoms with E-state index in [-0.39, 0.29) is 108 Å². The molecule has 1 aromatic heterocycles. The summed E-state index contributed by atoms with van der Waals surface area (Å²) in [6.45, 7) is 8.07. The molecule has 0 aliphatic carbocycles. The number of amides is 15. The number of thioether (sulfide) groups is 1. The van der Waals surface area contributed by atoms with E-state index in [1.165, 1.54) is 27.2 Å². The minimum atomic E-state index is -1.67. The predicted molar refractivity (Wildman–Crippen MR) is 421 cm³/mol. The first kappa shape index (κ1) is 94.9. The number of carboxylic acid groups (broad SMARTS) is 1. The van der Waals surface area contributed by atoms with Crippen molar-refractivity contribution < 1.29 is 81.8 Å². The van der Waals surface area contributed by atoms with Gasteiger partial charge in [0, 0.05) is 56.7 Å². The van der Waals surface area contributed by atoms with Crippen LogP contribution in [0.15, 0.2) is 12.5 Å². The number of nitrogens with zero attached hydrogens (tertiary/aromatic N) is 5. The average Bonchev–Trinajstić information content (AvgIpc) is 1.70. The van der Waals surface area contributed by atoms with Gasteiger partial charge in [-0.2, -0.15) is 24.4 Å². The van der Waals surface area contributed by atoms with E-state index in [0.717, 1.165) is 4.90 Å². The number of carbonyl (C=O) groups excluding carboxylic acids is 15. The maximum Gasteiger partial charge on any atom is 0.327 e. The number of unbranched alkanes of at least 4 members (excludes halogenated alkanes) is 3. The molecule has 15 atom stereocenters. The molecule has 634 valence electrons. The van der Waals surface area contributed by atoms with Crippen LogP contribution in [0.4, 0.5) is 0 Å². The molecule has 4 saturated heterocycles. The molecule has 0 aromatic carbocycles. The Morgan fingerprint density at radius 1 is 0.513 bits per heavy atom. The van der Waals surface area contributed by atoms with Crippen LogP contribution >= 0.6 is 24.4 Å². The van der Waals surface area contributed by atoms with E-state index in [1.54, 1.807) is 39.5 Å². The molecule has 0 radical (unpaired) electrons. The van der Waals surface area contributed by atoms with Gasteiger partial charge in [0.2, 0.25) is 88.6 Å². The molecule has 38 nitrogen and oxygen atoms in total. The second-order valence-electron chi connectivity index (χ2n) is 30.0. The second kappa shape index (κ2) is 48.5. The highest BCUT2D eigenvalue weighted by Gasteiger charge is 2.46. The number of carboxylic acids is 1. The molecule has 5 heterocycles. The van der Waals surface area contributed by atoms with Gasteiger partial charge in [0.05, 0.1) is 18.8 Å². The van der Waals surface area contributed by atoms with Gasteiger partial charge in [-0.15, -0.1) is 0 Å². The summed E-state index contributed by atoms with van der Waals surface area (Å²) in [7, 11) is 0. The fourth-order valence-electron chi connectivity index (χ4n) is 14.4. The first-order chi connectivity index (χ1) is 53.8. The van der Waals surface area contributed by atoms with Crippen LogP contribution in [0.2, 0.25) is 0 Å². The fourth-order valence-corrected chi connectivity index (χ4v) is 15.2. The lowest BCUT2D eigenvalue weighted by Crippen LogP contribution is -2.61. The Hall–Kier alpha value is -8.73. The van der Waals surface area contributed by atoms with Gasteiger partial charge in [-0.25, -0.2) is 9.78 Å². The molecule has 4 aliphatic heterocycles. The Bertz CT molecular complexity index is 3400. The number of imidazole rings is 1. The number of hydrogen-bond donors (Lipinski definition) is 18. The van der Waals surface area contributed by atoms with Crippen molar-refractivity contribution in [2.45, 2.75) is 266 Å². The molecule has 0 bridgehead atoms. The van der Waals surface area contributed by atoms with Crippen LogP contribution in [-0.2, 0) is 83.1 Å². The number of carbonyl (C=O) groups is 16. The van der Waals surface area contributed by atoms with Gasteiger partial charge < -0.3 is 112 Å². The standard InChI is InChI=1S/C73H123N21O17S2/c1-6-42(4)59(68(105)84-47(24-25-57(78)95)62(99)86-49(35-41(2)3)63(100)87-51(37-58(79)96)72(109)93-32-15-22-55(93)66(103)89-52(39-112)73(110)111)90-67(104)56-23-16-33-94(56)71(108)50(36-43-38-80-40-81-43)88-65(102)54-21-14-31-92(54)70(107)48(19-9-12-29-76)85-61(98)45(17-7-10-27-74)82-60(97)46(18-8-11-28-75)83-64(101)53-20-13-30-91(53)69(106)44(77)26-34-113-5/h38,40-42,44-56,59,112H,6-37,39,74-77H2,1-5H3,(H2,78,95)(H2,79,96)(H,80,81)(H,82,97)(H,83,101)(H,84,105)(H,85,98)(H,86,99)(H,87,100)(H,88,102)(H,89,103)(H,90,104)(H,110,111)/t42-,44-,45-,46-,47-,48-,49-,50-,51-,52-,53-,54-,55-,56-,59-/m0/s1. The minimum Gasteiger partial charge on any atom is -0.480 e. The second-order valence-corrected chi connectivity index (χ2v) is 31.3. The summed E-state index contributed by atoms with van der Waals surface area (Å²) in [5.41, 5.74) is 35.4. The van der Waals surface area contributed by atoms with Crippen molar-refractivity contribution in [3.05, 3.63) is 18.2 Å². The minimum absolute atomic E-state index is 0.00658. The number of hydrogen-bond acceptors (Lipinski definition) is 23. The summed E-state index contributed by atoms with van der Waals surface area (Å²) in [5.74, 6) is -13.5.